The van der Waals surface area contributed by atoms with E-state index in [9.17, 15) is 4.79 Å². The Hall–Kier alpha value is -2.45. The number of nitrogens with zero attached hydrogens (tertiary/aromatic N) is 4. The summed E-state index contributed by atoms with van der Waals surface area (Å²) in [6.45, 7) is 3.55. The van der Waals surface area contributed by atoms with Gasteiger partial charge in [0, 0.05) is 18.3 Å². The Morgan fingerprint density at radius 2 is 2.19 bits per heavy atom. The summed E-state index contributed by atoms with van der Waals surface area (Å²) in [5.74, 6) is 0.477. The van der Waals surface area contributed by atoms with Gasteiger partial charge in [-0.05, 0) is 58.6 Å². The minimum absolute atomic E-state index is 0.264. The van der Waals surface area contributed by atoms with Gasteiger partial charge in [0.2, 0.25) is 0 Å². The quantitative estimate of drug-likeness (QED) is 0.687. The first kappa shape index (κ1) is 19.3. The highest BCUT2D eigenvalue weighted by Crippen LogP contribution is 2.19. The molecule has 0 atom stereocenters. The minimum atomic E-state index is -0.264. The van der Waals surface area contributed by atoms with E-state index in [1.807, 2.05) is 38.4 Å². The van der Waals surface area contributed by atoms with Crippen LogP contribution in [-0.4, -0.2) is 66.1 Å². The van der Waals surface area contributed by atoms with Crippen LogP contribution in [0.5, 0.6) is 5.75 Å². The standard InChI is InChI=1S/C19H28N6O2/c1-24(2)11-4-12-27-17-6-3-5-15(13-17)21-19(26)18-14-25(23-22-18)16-7-9-20-10-8-16/h3,5-6,13-14,16,20H,4,7-12H2,1-2H3,(H,21,26). The number of hydrogen-bond acceptors (Lipinski definition) is 6. The van der Waals surface area contributed by atoms with Crippen molar-refractivity contribution in [2.75, 3.05) is 45.7 Å². The Balaban J connectivity index is 1.54. The van der Waals surface area contributed by atoms with Crippen LogP contribution in [0.15, 0.2) is 30.5 Å². The summed E-state index contributed by atoms with van der Waals surface area (Å²) in [6.07, 6.45) is 4.67. The van der Waals surface area contributed by atoms with Crippen molar-refractivity contribution in [2.45, 2.75) is 25.3 Å². The van der Waals surface area contributed by atoms with Gasteiger partial charge in [0.15, 0.2) is 5.69 Å². The molecule has 8 nitrogen and oxygen atoms in total. The summed E-state index contributed by atoms with van der Waals surface area (Å²) in [5.41, 5.74) is 1.01. The fourth-order valence-electron chi connectivity index (χ4n) is 3.06. The molecule has 1 aliphatic rings. The minimum Gasteiger partial charge on any atom is -0.493 e. The van der Waals surface area contributed by atoms with Crippen LogP contribution in [0.25, 0.3) is 0 Å². The number of rotatable bonds is 8. The van der Waals surface area contributed by atoms with E-state index < -0.39 is 0 Å². The van der Waals surface area contributed by atoms with Crippen molar-refractivity contribution >= 4 is 11.6 Å². The Bertz CT molecular complexity index is 739. The van der Waals surface area contributed by atoms with Crippen LogP contribution in [0.2, 0.25) is 0 Å². The van der Waals surface area contributed by atoms with Gasteiger partial charge in [-0.2, -0.15) is 0 Å². The van der Waals surface area contributed by atoms with Gasteiger partial charge in [0.1, 0.15) is 5.75 Å². The number of benzene rings is 1. The van der Waals surface area contributed by atoms with Crippen LogP contribution in [0.4, 0.5) is 5.69 Å². The molecule has 0 aliphatic carbocycles. The molecule has 146 valence electrons. The summed E-state index contributed by atoms with van der Waals surface area (Å²) in [6, 6.07) is 7.72. The van der Waals surface area contributed by atoms with Crippen molar-refractivity contribution in [2.24, 2.45) is 0 Å². The molecule has 0 radical (unpaired) electrons. The van der Waals surface area contributed by atoms with E-state index >= 15 is 0 Å². The number of carbonyl (C=O) groups excluding carboxylic acids is 1. The molecule has 0 saturated carbocycles. The lowest BCUT2D eigenvalue weighted by molar-refractivity contribution is 0.102. The molecule has 1 aromatic carbocycles. The van der Waals surface area contributed by atoms with Gasteiger partial charge in [0.05, 0.1) is 18.8 Å². The summed E-state index contributed by atoms with van der Waals surface area (Å²) in [4.78, 5) is 14.6. The molecule has 2 aromatic rings. The van der Waals surface area contributed by atoms with Gasteiger partial charge in [-0.15, -0.1) is 5.10 Å². The smallest absolute Gasteiger partial charge is 0.277 e. The molecule has 0 spiro atoms. The Morgan fingerprint density at radius 1 is 1.37 bits per heavy atom. The van der Waals surface area contributed by atoms with E-state index in [4.69, 9.17) is 4.74 Å². The monoisotopic (exact) mass is 372 g/mol. The maximum Gasteiger partial charge on any atom is 0.277 e. The SMILES string of the molecule is CN(C)CCCOc1cccc(NC(=O)c2cn(C3CCNCC3)nn2)c1. The lowest BCUT2D eigenvalue weighted by Crippen LogP contribution is -2.29. The number of ether oxygens (including phenoxy) is 1. The van der Waals surface area contributed by atoms with Gasteiger partial charge in [-0.1, -0.05) is 11.3 Å². The average Bonchev–Trinajstić information content (AvgIpc) is 3.17. The molecule has 2 heterocycles. The second-order valence-corrected chi connectivity index (χ2v) is 7.05. The summed E-state index contributed by atoms with van der Waals surface area (Å²) >= 11 is 0. The highest BCUT2D eigenvalue weighted by Gasteiger charge is 2.18. The van der Waals surface area contributed by atoms with Crippen LogP contribution >= 0.6 is 0 Å². The molecule has 0 bridgehead atoms. The molecule has 8 heteroatoms. The second-order valence-electron chi connectivity index (χ2n) is 7.05. The normalized spacial score (nSPS) is 15.1. The Kier molecular flexibility index (Phi) is 6.78. The molecular formula is C19H28N6O2. The third kappa shape index (κ3) is 5.77. The molecular weight excluding hydrogens is 344 g/mol. The maximum absolute atomic E-state index is 12.5. The molecule has 1 amide bonds. The van der Waals surface area contributed by atoms with Crippen LogP contribution in [0.1, 0.15) is 35.8 Å². The molecule has 27 heavy (non-hydrogen) atoms. The van der Waals surface area contributed by atoms with E-state index in [-0.39, 0.29) is 5.91 Å². The highest BCUT2D eigenvalue weighted by molar-refractivity contribution is 6.02. The van der Waals surface area contributed by atoms with Crippen molar-refractivity contribution in [1.29, 1.82) is 0 Å². The molecule has 3 rings (SSSR count). The van der Waals surface area contributed by atoms with Crippen LogP contribution in [0.3, 0.4) is 0 Å². The number of carbonyl (C=O) groups is 1. The van der Waals surface area contributed by atoms with Crippen molar-refractivity contribution in [3.8, 4) is 5.75 Å². The zero-order chi connectivity index (χ0) is 19.1. The molecule has 0 unspecified atom stereocenters. The van der Waals surface area contributed by atoms with Crippen molar-refractivity contribution < 1.29 is 9.53 Å². The lowest BCUT2D eigenvalue weighted by Gasteiger charge is -2.22. The average molecular weight is 372 g/mol. The third-order valence-corrected chi connectivity index (χ3v) is 4.54. The van der Waals surface area contributed by atoms with Crippen molar-refractivity contribution in [3.05, 3.63) is 36.2 Å². The zero-order valence-electron chi connectivity index (χ0n) is 16.0. The Morgan fingerprint density at radius 3 is 2.96 bits per heavy atom. The van der Waals surface area contributed by atoms with E-state index in [2.05, 4.69) is 25.8 Å². The van der Waals surface area contributed by atoms with Crippen molar-refractivity contribution in [3.63, 3.8) is 0 Å². The van der Waals surface area contributed by atoms with Crippen molar-refractivity contribution in [1.82, 2.24) is 25.2 Å². The first-order chi connectivity index (χ1) is 13.1. The van der Waals surface area contributed by atoms with Gasteiger partial charge in [-0.3, -0.25) is 4.79 Å². The Labute approximate surface area is 159 Å². The van der Waals surface area contributed by atoms with Gasteiger partial charge in [0.25, 0.3) is 5.91 Å². The van der Waals surface area contributed by atoms with E-state index in [0.717, 1.165) is 44.6 Å². The fourth-order valence-corrected chi connectivity index (χ4v) is 3.06. The van der Waals surface area contributed by atoms with E-state index in [0.29, 0.717) is 24.0 Å². The lowest BCUT2D eigenvalue weighted by atomic mass is 10.1. The topological polar surface area (TPSA) is 84.3 Å². The predicted molar refractivity (Wildman–Crippen MR) is 104 cm³/mol. The highest BCUT2D eigenvalue weighted by atomic mass is 16.5. The molecule has 1 aliphatic heterocycles. The van der Waals surface area contributed by atoms with Crippen LogP contribution < -0.4 is 15.4 Å². The number of anilines is 1. The van der Waals surface area contributed by atoms with Crippen LogP contribution in [0, 0.1) is 0 Å². The summed E-state index contributed by atoms with van der Waals surface area (Å²) < 4.78 is 7.56. The number of hydrogen-bond donors (Lipinski definition) is 2. The van der Waals surface area contributed by atoms with Crippen LogP contribution in [-0.2, 0) is 0 Å². The number of nitrogens with one attached hydrogen (secondary N) is 2. The van der Waals surface area contributed by atoms with Gasteiger partial charge >= 0.3 is 0 Å². The first-order valence-electron chi connectivity index (χ1n) is 9.43. The molecule has 1 aromatic heterocycles. The van der Waals surface area contributed by atoms with Gasteiger partial charge < -0.3 is 20.3 Å². The summed E-state index contributed by atoms with van der Waals surface area (Å²) in [5, 5.41) is 14.4. The molecule has 1 fully saturated rings. The first-order valence-corrected chi connectivity index (χ1v) is 9.43. The summed E-state index contributed by atoms with van der Waals surface area (Å²) in [7, 11) is 4.08. The maximum atomic E-state index is 12.5. The number of amides is 1. The zero-order valence-corrected chi connectivity index (χ0v) is 16.0. The van der Waals surface area contributed by atoms with E-state index in [1.54, 1.807) is 10.9 Å². The molecule has 2 N–H and O–H groups in total. The molecule has 1 saturated heterocycles. The fraction of sp³-hybridized carbons (Fsp3) is 0.526. The number of piperidine rings is 1. The third-order valence-electron chi connectivity index (χ3n) is 4.54. The van der Waals surface area contributed by atoms with E-state index in [1.165, 1.54) is 0 Å². The predicted octanol–water partition coefficient (Wildman–Crippen LogP) is 1.79. The largest absolute Gasteiger partial charge is 0.493 e. The number of aromatic nitrogens is 3. The van der Waals surface area contributed by atoms with Gasteiger partial charge in [-0.25, -0.2) is 4.68 Å². The second kappa shape index (κ2) is 9.48.